The maximum atomic E-state index is 13.2. The Kier molecular flexibility index (Phi) is 5.24. The van der Waals surface area contributed by atoms with Crippen molar-refractivity contribution in [1.82, 2.24) is 4.72 Å². The van der Waals surface area contributed by atoms with Gasteiger partial charge in [0.2, 0.25) is 10.0 Å². The van der Waals surface area contributed by atoms with Crippen LogP contribution in [0.2, 0.25) is 0 Å². The van der Waals surface area contributed by atoms with Crippen LogP contribution < -0.4 is 4.72 Å². The first-order chi connectivity index (χ1) is 8.33. The summed E-state index contributed by atoms with van der Waals surface area (Å²) in [6, 6.07) is 3.44. The van der Waals surface area contributed by atoms with E-state index in [2.05, 4.69) is 20.7 Å². The van der Waals surface area contributed by atoms with Crippen LogP contribution >= 0.6 is 15.9 Å². The first-order valence-electron chi connectivity index (χ1n) is 4.99. The van der Waals surface area contributed by atoms with E-state index in [9.17, 15) is 17.6 Å². The van der Waals surface area contributed by atoms with Crippen molar-refractivity contribution in [1.29, 1.82) is 0 Å². The second-order valence-electron chi connectivity index (χ2n) is 3.47. The maximum Gasteiger partial charge on any atom is 0.303 e. The van der Waals surface area contributed by atoms with Crippen molar-refractivity contribution in [3.05, 3.63) is 28.5 Å². The molecule has 0 fully saturated rings. The van der Waals surface area contributed by atoms with Crippen LogP contribution in [-0.2, 0) is 14.8 Å². The molecule has 18 heavy (non-hydrogen) atoms. The Hall–Kier alpha value is -0.990. The number of carboxylic acids is 1. The molecule has 0 bridgehead atoms. The highest BCUT2D eigenvalue weighted by molar-refractivity contribution is 9.10. The quantitative estimate of drug-likeness (QED) is 0.773. The highest BCUT2D eigenvalue weighted by atomic mass is 79.9. The molecule has 1 aromatic carbocycles. The molecule has 100 valence electrons. The molecule has 0 atom stereocenters. The van der Waals surface area contributed by atoms with Crippen LogP contribution in [0.3, 0.4) is 0 Å². The number of hydrogen-bond acceptors (Lipinski definition) is 3. The molecule has 8 heteroatoms. The maximum absolute atomic E-state index is 13.2. The molecule has 0 aliphatic carbocycles. The predicted molar refractivity (Wildman–Crippen MR) is 66.2 cm³/mol. The molecule has 2 N–H and O–H groups in total. The molecule has 0 amide bonds. The van der Waals surface area contributed by atoms with Crippen molar-refractivity contribution in [3.63, 3.8) is 0 Å². The second kappa shape index (κ2) is 6.26. The first kappa shape index (κ1) is 15.1. The third-order valence-corrected chi connectivity index (χ3v) is 4.16. The van der Waals surface area contributed by atoms with Gasteiger partial charge in [-0.05, 0) is 40.5 Å². The molecule has 1 aromatic rings. The number of halogens is 2. The van der Waals surface area contributed by atoms with Gasteiger partial charge in [0.1, 0.15) is 5.82 Å². The molecule has 0 saturated carbocycles. The van der Waals surface area contributed by atoms with Crippen LogP contribution in [-0.4, -0.2) is 26.0 Å². The molecule has 5 nitrogen and oxygen atoms in total. The highest BCUT2D eigenvalue weighted by Gasteiger charge is 2.15. The van der Waals surface area contributed by atoms with Crippen molar-refractivity contribution < 1.29 is 22.7 Å². The lowest BCUT2D eigenvalue weighted by molar-refractivity contribution is -0.137. The fourth-order valence-electron chi connectivity index (χ4n) is 1.17. The van der Waals surface area contributed by atoms with E-state index >= 15 is 0 Å². The van der Waals surface area contributed by atoms with Gasteiger partial charge in [-0.3, -0.25) is 4.79 Å². The second-order valence-corrected chi connectivity index (χ2v) is 6.09. The van der Waals surface area contributed by atoms with Crippen molar-refractivity contribution in [3.8, 4) is 0 Å². The van der Waals surface area contributed by atoms with Crippen molar-refractivity contribution in [2.24, 2.45) is 0 Å². The fraction of sp³-hybridized carbons (Fsp3) is 0.300. The van der Waals surface area contributed by atoms with Gasteiger partial charge < -0.3 is 5.11 Å². The zero-order valence-electron chi connectivity index (χ0n) is 9.19. The monoisotopic (exact) mass is 339 g/mol. The van der Waals surface area contributed by atoms with E-state index in [4.69, 9.17) is 5.11 Å². The van der Waals surface area contributed by atoms with E-state index in [-0.39, 0.29) is 28.8 Å². The summed E-state index contributed by atoms with van der Waals surface area (Å²) >= 11 is 2.92. The SMILES string of the molecule is O=C(O)CCCNS(=O)(=O)c1ccc(Br)c(F)c1. The Morgan fingerprint density at radius 1 is 1.44 bits per heavy atom. The van der Waals surface area contributed by atoms with E-state index in [1.807, 2.05) is 0 Å². The third-order valence-electron chi connectivity index (χ3n) is 2.06. The van der Waals surface area contributed by atoms with E-state index in [1.54, 1.807) is 0 Å². The summed E-state index contributed by atoms with van der Waals surface area (Å²) in [6.07, 6.45) is 0.0464. The van der Waals surface area contributed by atoms with Crippen LogP contribution in [0, 0.1) is 5.82 Å². The van der Waals surface area contributed by atoms with Gasteiger partial charge in [0.15, 0.2) is 0 Å². The van der Waals surface area contributed by atoms with Crippen LogP contribution in [0.15, 0.2) is 27.6 Å². The Morgan fingerprint density at radius 3 is 2.67 bits per heavy atom. The molecule has 0 heterocycles. The molecular weight excluding hydrogens is 329 g/mol. The van der Waals surface area contributed by atoms with E-state index < -0.39 is 21.8 Å². The first-order valence-corrected chi connectivity index (χ1v) is 7.27. The Labute approximate surface area is 112 Å². The van der Waals surface area contributed by atoms with Crippen molar-refractivity contribution in [2.75, 3.05) is 6.54 Å². The van der Waals surface area contributed by atoms with Gasteiger partial charge in [-0.15, -0.1) is 0 Å². The average molecular weight is 340 g/mol. The summed E-state index contributed by atoms with van der Waals surface area (Å²) in [4.78, 5) is 10.0. The number of nitrogens with one attached hydrogen (secondary N) is 1. The minimum atomic E-state index is -3.80. The lowest BCUT2D eigenvalue weighted by Gasteiger charge is -2.06. The number of benzene rings is 1. The minimum Gasteiger partial charge on any atom is -0.481 e. The molecule has 0 saturated heterocycles. The van der Waals surface area contributed by atoms with Gasteiger partial charge >= 0.3 is 5.97 Å². The van der Waals surface area contributed by atoms with E-state index in [0.29, 0.717) is 0 Å². The smallest absolute Gasteiger partial charge is 0.303 e. The molecule has 0 aliphatic heterocycles. The predicted octanol–water partition coefficient (Wildman–Crippen LogP) is 1.73. The van der Waals surface area contributed by atoms with E-state index in [0.717, 1.165) is 6.07 Å². The normalized spacial score (nSPS) is 11.4. The zero-order chi connectivity index (χ0) is 13.8. The summed E-state index contributed by atoms with van der Waals surface area (Å²) in [5.74, 6) is -1.67. The summed E-state index contributed by atoms with van der Waals surface area (Å²) < 4.78 is 39.0. The lowest BCUT2D eigenvalue weighted by Crippen LogP contribution is -2.25. The van der Waals surface area contributed by atoms with Gasteiger partial charge in [0.25, 0.3) is 0 Å². The molecule has 0 aromatic heterocycles. The number of carbonyl (C=O) groups is 1. The summed E-state index contributed by atoms with van der Waals surface area (Å²) in [7, 11) is -3.80. The molecule has 0 aliphatic rings. The van der Waals surface area contributed by atoms with E-state index in [1.165, 1.54) is 12.1 Å². The Balaban J connectivity index is 2.68. The largest absolute Gasteiger partial charge is 0.481 e. The van der Waals surface area contributed by atoms with Gasteiger partial charge in [0, 0.05) is 13.0 Å². The Morgan fingerprint density at radius 2 is 2.11 bits per heavy atom. The van der Waals surface area contributed by atoms with Gasteiger partial charge in [-0.2, -0.15) is 0 Å². The standard InChI is InChI=1S/C10H11BrFNO4S/c11-8-4-3-7(6-9(8)12)18(16,17)13-5-1-2-10(14)15/h3-4,6,13H,1-2,5H2,(H,14,15). The molecule has 0 radical (unpaired) electrons. The molecule has 0 spiro atoms. The minimum absolute atomic E-state index is 0.00762. The fourth-order valence-corrected chi connectivity index (χ4v) is 2.51. The number of aliphatic carboxylic acids is 1. The third kappa shape index (κ3) is 4.35. The van der Waals surface area contributed by atoms with Crippen molar-refractivity contribution >= 4 is 31.9 Å². The number of sulfonamides is 1. The topological polar surface area (TPSA) is 83.5 Å². The molecular formula is C10H11BrFNO4S. The summed E-state index contributed by atoms with van der Waals surface area (Å²) in [6.45, 7) is -0.00762. The van der Waals surface area contributed by atoms with Crippen molar-refractivity contribution in [2.45, 2.75) is 17.7 Å². The highest BCUT2D eigenvalue weighted by Crippen LogP contribution is 2.19. The van der Waals surface area contributed by atoms with Crippen LogP contribution in [0.5, 0.6) is 0 Å². The molecule has 0 unspecified atom stereocenters. The Bertz CT molecular complexity index is 547. The van der Waals surface area contributed by atoms with Crippen LogP contribution in [0.1, 0.15) is 12.8 Å². The molecule has 1 rings (SSSR count). The number of carboxylic acid groups (broad SMARTS) is 1. The summed E-state index contributed by atoms with van der Waals surface area (Å²) in [5.41, 5.74) is 0. The lowest BCUT2D eigenvalue weighted by atomic mass is 10.3. The van der Waals surface area contributed by atoms with Crippen LogP contribution in [0.4, 0.5) is 4.39 Å². The van der Waals surface area contributed by atoms with Crippen LogP contribution in [0.25, 0.3) is 0 Å². The van der Waals surface area contributed by atoms with Gasteiger partial charge in [-0.1, -0.05) is 0 Å². The van der Waals surface area contributed by atoms with Gasteiger partial charge in [-0.25, -0.2) is 17.5 Å². The number of rotatable bonds is 6. The zero-order valence-corrected chi connectivity index (χ0v) is 11.6. The van der Waals surface area contributed by atoms with Gasteiger partial charge in [0.05, 0.1) is 9.37 Å². The average Bonchev–Trinajstić information content (AvgIpc) is 2.28. The number of hydrogen-bond donors (Lipinski definition) is 2. The summed E-state index contributed by atoms with van der Waals surface area (Å²) in [5, 5.41) is 8.39.